The van der Waals surface area contributed by atoms with E-state index in [0.29, 0.717) is 0 Å². The van der Waals surface area contributed by atoms with Gasteiger partial charge in [0.2, 0.25) is 0 Å². The molecule has 57 heavy (non-hydrogen) atoms. The van der Waals surface area contributed by atoms with E-state index in [9.17, 15) is 144 Å². The van der Waals surface area contributed by atoms with Gasteiger partial charge in [0, 0.05) is 0 Å². The predicted octanol–water partition coefficient (Wildman–Crippen LogP) is -40.7. The van der Waals surface area contributed by atoms with Crippen LogP contribution in [-0.4, -0.2) is 0 Å². The molecule has 57 heteroatoms. The first-order chi connectivity index (χ1) is 18.5. The third-order valence-electron chi connectivity index (χ3n) is 1.000. The molecule has 0 rings (SSSR count). The fraction of sp³-hybridized carbons (Fsp3) is 0. The molecule has 4 radical (unpaired) electrons. The molecule has 35 nitrogen and oxygen atoms in total. The summed E-state index contributed by atoms with van der Waals surface area (Å²) in [5, 5.41) is 0. The van der Waals surface area contributed by atoms with Crippen molar-refractivity contribution in [2.45, 2.75) is 0 Å². The van der Waals surface area contributed by atoms with Crippen LogP contribution in [0.15, 0.2) is 0 Å². The third kappa shape index (κ3) is 168. The Labute approximate surface area is 537 Å². The predicted molar refractivity (Wildman–Crippen MR) is 81.5 cm³/mol. The zero-order chi connectivity index (χ0) is 38.5. The van der Waals surface area contributed by atoms with E-state index in [1.807, 2.05) is 0 Å². The summed E-state index contributed by atoms with van der Waals surface area (Å²) < 4.78 is 106. The molecule has 0 aliphatic carbocycles. The topological polar surface area (TPSA) is 678 Å². The van der Waals surface area contributed by atoms with E-state index < -0.39 is 78.2 Å². The Bertz CT molecular complexity index is 1030. The van der Waals surface area contributed by atoms with Crippen molar-refractivity contribution in [2.24, 2.45) is 0 Å². The van der Waals surface area contributed by atoms with Gasteiger partial charge in [0.05, 0.1) is 78.2 Å². The molecule has 0 aromatic heterocycles. The maximum atomic E-state index is 9.32. The molecule has 0 bridgehead atoms. The first kappa shape index (κ1) is 118. The molecule has 0 aromatic carbocycles. The minimum Gasteiger partial charge on any atom is -0.790 e. The van der Waals surface area contributed by atoms with Gasteiger partial charge in [-0.2, -0.15) is 0 Å². The fourth-order valence-corrected chi connectivity index (χ4v) is 5.51. The van der Waals surface area contributed by atoms with Crippen molar-refractivity contribution < 1.29 is 470 Å². The van der Waals surface area contributed by atoms with Crippen LogP contribution in [0, 0.1) is 0 Å². The van der Waals surface area contributed by atoms with Gasteiger partial charge in [-0.15, -0.1) is 0 Å². The van der Waals surface area contributed by atoms with Gasteiger partial charge in [0.25, 0.3) is 0 Å². The molecule has 0 aliphatic rings. The van der Waals surface area contributed by atoms with Crippen molar-refractivity contribution >= 4 is 78.2 Å². The molecule has 0 aromatic rings. The smallest absolute Gasteiger partial charge is 0.790 e. The maximum absolute atomic E-state index is 9.32. The standard InChI is InChI=1S/4Fe.8Na.5H4O7P2/c;;;;;;;;;;;;5*1-8(2,3)7-9(4,5)6/h;;;;;;;;;;;;5*(H2,1,2,3)(H2,4,5,6)/q4*+3;8*+1;;;;;/p-20. The third-order valence-corrected chi connectivity index (χ3v) is 9.00. The number of phosphoric acid groups is 10. The number of hydrogen-bond donors (Lipinski definition) is 0. The average Bonchev–Trinajstić information content (AvgIpc) is 2.36. The van der Waals surface area contributed by atoms with E-state index in [4.69, 9.17) is 0 Å². The fourth-order valence-electron chi connectivity index (χ4n) is 0.612. The van der Waals surface area contributed by atoms with E-state index in [0.717, 1.165) is 0 Å². The Balaban J connectivity index is -0.0000000222. The normalized spacial score (nSPS) is 10.9. The van der Waals surface area contributed by atoms with Gasteiger partial charge in [0.1, 0.15) is 0 Å². The van der Waals surface area contributed by atoms with Gasteiger partial charge in [-0.1, -0.05) is 0 Å². The summed E-state index contributed by atoms with van der Waals surface area (Å²) in [5.74, 6) is 0. The van der Waals surface area contributed by atoms with Crippen molar-refractivity contribution in [1.29, 1.82) is 0 Å². The van der Waals surface area contributed by atoms with Crippen molar-refractivity contribution in [1.82, 2.24) is 0 Å². The molecule has 0 heterocycles. The molecule has 0 fully saturated rings. The SMILES string of the molecule is O=P([O-])([O-])OP(=O)([O-])[O-].O=P([O-])([O-])OP(=O)([O-])[O-].O=P([O-])([O-])OP(=O)([O-])[O-].O=P([O-])([O-])OP(=O)([O-])[O-].O=P([O-])([O-])OP(=O)([O-])[O-].[Fe+3].[Fe+3].[Fe+3].[Fe+3].[Na+].[Na+].[Na+].[Na+].[Na+].[Na+].[Na+].[Na+]. The van der Waals surface area contributed by atoms with Crippen molar-refractivity contribution in [3.8, 4) is 0 Å². The summed E-state index contributed by atoms with van der Waals surface area (Å²) in [6, 6.07) is 0. The van der Waals surface area contributed by atoms with Crippen molar-refractivity contribution in [3.05, 3.63) is 0 Å². The van der Waals surface area contributed by atoms with Crippen molar-refractivity contribution in [2.75, 3.05) is 0 Å². The van der Waals surface area contributed by atoms with Crippen LogP contribution in [0.2, 0.25) is 0 Å². The second-order valence-electron chi connectivity index (χ2n) is 4.88. The Hall–Kier alpha value is 11.4. The molecule has 0 atom stereocenters. The minimum absolute atomic E-state index is 0. The zero-order valence-corrected chi connectivity index (χ0v) is 57.5. The van der Waals surface area contributed by atoms with Crippen LogP contribution < -0.4 is 334 Å². The summed E-state index contributed by atoms with van der Waals surface area (Å²) in [6.45, 7) is 0. The minimum atomic E-state index is -5.68. The Kier molecular flexibility index (Phi) is 105. The second-order valence-corrected chi connectivity index (χ2v) is 17.1. The van der Waals surface area contributed by atoms with Gasteiger partial charge >= 0.3 is 305 Å². The number of hydrogen-bond acceptors (Lipinski definition) is 35. The first-order valence-electron chi connectivity index (χ1n) is 7.30. The molecule has 0 amide bonds. The van der Waals surface area contributed by atoms with Gasteiger partial charge in [-0.3, -0.25) is 0 Å². The van der Waals surface area contributed by atoms with E-state index in [1.165, 1.54) is 0 Å². The van der Waals surface area contributed by atoms with Crippen LogP contribution in [-0.2, 0) is 135 Å². The van der Waals surface area contributed by atoms with Crippen LogP contribution in [0.5, 0.6) is 0 Å². The molecule has 300 valence electrons. The summed E-state index contributed by atoms with van der Waals surface area (Å²) in [7, 11) is -56.8. The molecular weight excluding hydrogens is 1280 g/mol. The van der Waals surface area contributed by atoms with Gasteiger partial charge < -0.3 is 165 Å². The average molecular weight is 1280 g/mol. The van der Waals surface area contributed by atoms with Gasteiger partial charge in [-0.05, 0) is 0 Å². The van der Waals surface area contributed by atoms with E-state index in [1.54, 1.807) is 0 Å². The van der Waals surface area contributed by atoms with Crippen molar-refractivity contribution in [3.63, 3.8) is 0 Å². The zero-order valence-electron chi connectivity index (χ0n) is 28.2. The molecule has 0 N–H and O–H groups in total. The first-order valence-corrected chi connectivity index (χ1v) is 21.9. The molecule has 0 saturated carbocycles. The maximum Gasteiger partial charge on any atom is 3.00 e. The van der Waals surface area contributed by atoms with Crippen LogP contribution in [0.4, 0.5) is 0 Å². The largest absolute Gasteiger partial charge is 3.00 e. The van der Waals surface area contributed by atoms with E-state index in [2.05, 4.69) is 21.6 Å². The Morgan fingerprint density at radius 3 is 0.211 bits per heavy atom. The monoisotopic (exact) mass is 1280 g/mol. The summed E-state index contributed by atoms with van der Waals surface area (Å²) in [5.41, 5.74) is 0. The van der Waals surface area contributed by atoms with Gasteiger partial charge in [-0.25, -0.2) is 0 Å². The van der Waals surface area contributed by atoms with Crippen LogP contribution in [0.3, 0.4) is 0 Å². The quantitative estimate of drug-likeness (QED) is 0.145. The van der Waals surface area contributed by atoms with Crippen LogP contribution in [0.1, 0.15) is 0 Å². The Morgan fingerprint density at radius 1 is 0.175 bits per heavy atom. The molecule has 0 aliphatic heterocycles. The van der Waals surface area contributed by atoms with Crippen LogP contribution in [0.25, 0.3) is 0 Å². The van der Waals surface area contributed by atoms with Crippen LogP contribution >= 0.6 is 78.2 Å². The summed E-state index contributed by atoms with van der Waals surface area (Å²) in [6.07, 6.45) is 0. The van der Waals surface area contributed by atoms with E-state index >= 15 is 0 Å². The Morgan fingerprint density at radius 2 is 0.211 bits per heavy atom. The molecule has 0 spiro atoms. The molecular formula is Fe4Na8O35P10. The van der Waals surface area contributed by atoms with Gasteiger partial charge in [0.15, 0.2) is 0 Å². The molecule has 0 unspecified atom stereocenters. The summed E-state index contributed by atoms with van der Waals surface area (Å²) in [4.78, 5) is 186. The second kappa shape index (κ2) is 50.9. The molecule has 0 saturated heterocycles. The number of rotatable bonds is 10. The summed E-state index contributed by atoms with van der Waals surface area (Å²) >= 11 is 0. The van der Waals surface area contributed by atoms with E-state index in [-0.39, 0.29) is 305 Å².